The first kappa shape index (κ1) is 20.2. The molecule has 1 atom stereocenters. The molecule has 0 unspecified atom stereocenters. The van der Waals surface area contributed by atoms with Crippen LogP contribution in [0.5, 0.6) is 5.75 Å². The lowest BCUT2D eigenvalue weighted by atomic mass is 10.1. The summed E-state index contributed by atoms with van der Waals surface area (Å²) < 4.78 is 7.79. The molecular formula is C20H25BrN2O3. The molecule has 0 radical (unpaired) electrons. The molecule has 1 aromatic carbocycles. The van der Waals surface area contributed by atoms with E-state index in [4.69, 9.17) is 4.74 Å². The quantitative estimate of drug-likeness (QED) is 0.710. The Morgan fingerprint density at radius 3 is 2.50 bits per heavy atom. The van der Waals surface area contributed by atoms with Crippen molar-refractivity contribution in [2.75, 3.05) is 0 Å². The number of nitrogens with one attached hydrogen (secondary N) is 1. The number of halogens is 1. The zero-order valence-electron chi connectivity index (χ0n) is 15.4. The first-order chi connectivity index (χ1) is 12.3. The molecule has 1 N–H and O–H groups in total. The molecule has 6 heteroatoms. The maximum atomic E-state index is 12.1. The van der Waals surface area contributed by atoms with Crippen molar-refractivity contribution in [1.29, 1.82) is 0 Å². The Balaban J connectivity index is 1.80. The second-order valence-corrected chi connectivity index (χ2v) is 7.55. The van der Waals surface area contributed by atoms with Gasteiger partial charge in [0.25, 0.3) is 5.56 Å². The second-order valence-electron chi connectivity index (χ2n) is 6.63. The highest BCUT2D eigenvalue weighted by Crippen LogP contribution is 2.15. The molecule has 1 amide bonds. The number of carbonyl (C=O) groups excluding carboxylic acids is 1. The number of aryl methyl sites for hydroxylation is 1. The third-order valence-electron chi connectivity index (χ3n) is 3.83. The molecule has 1 aromatic heterocycles. The number of hydrogen-bond acceptors (Lipinski definition) is 3. The van der Waals surface area contributed by atoms with Crippen LogP contribution in [0.15, 0.2) is 51.9 Å². The van der Waals surface area contributed by atoms with E-state index < -0.39 is 0 Å². The van der Waals surface area contributed by atoms with Gasteiger partial charge in [0.05, 0.1) is 6.10 Å². The first-order valence-electron chi connectivity index (χ1n) is 8.74. The third-order valence-corrected chi connectivity index (χ3v) is 4.30. The Morgan fingerprint density at radius 2 is 1.85 bits per heavy atom. The molecule has 26 heavy (non-hydrogen) atoms. The Morgan fingerprint density at radius 1 is 1.15 bits per heavy atom. The smallest absolute Gasteiger partial charge is 0.251 e. The van der Waals surface area contributed by atoms with Crippen molar-refractivity contribution in [3.05, 3.63) is 63.0 Å². The molecule has 5 nitrogen and oxygen atoms in total. The number of hydrogen-bond donors (Lipinski definition) is 1. The van der Waals surface area contributed by atoms with E-state index >= 15 is 0 Å². The minimum atomic E-state index is -0.195. The molecule has 0 aliphatic heterocycles. The Hall–Kier alpha value is -2.08. The number of pyridine rings is 1. The lowest BCUT2D eigenvalue weighted by Gasteiger charge is -2.15. The number of carbonyl (C=O) groups is 1. The largest absolute Gasteiger partial charge is 0.491 e. The number of aromatic nitrogens is 1. The minimum absolute atomic E-state index is 0.0177. The van der Waals surface area contributed by atoms with Crippen molar-refractivity contribution in [3.63, 3.8) is 0 Å². The SMILES string of the molecule is CC(C)Oc1ccc(CC[C@@H](C)NC(=O)Cn2cc(Br)ccc2=O)cc1. The summed E-state index contributed by atoms with van der Waals surface area (Å²) in [5.41, 5.74) is 1.00. The maximum Gasteiger partial charge on any atom is 0.251 e. The molecule has 0 saturated carbocycles. The summed E-state index contributed by atoms with van der Waals surface area (Å²) in [6.07, 6.45) is 3.46. The molecule has 0 fully saturated rings. The second kappa shape index (κ2) is 9.57. The van der Waals surface area contributed by atoms with Crippen LogP contribution in [0.25, 0.3) is 0 Å². The molecule has 1 heterocycles. The Bertz CT molecular complexity index is 784. The Kier molecular flexibility index (Phi) is 7.45. The van der Waals surface area contributed by atoms with Crippen LogP contribution in [0.1, 0.15) is 32.8 Å². The summed E-state index contributed by atoms with van der Waals surface area (Å²) in [5.74, 6) is 0.697. The predicted octanol–water partition coefficient (Wildman–Crippen LogP) is 3.54. The molecule has 0 bridgehead atoms. The third kappa shape index (κ3) is 6.67. The molecular weight excluding hydrogens is 396 g/mol. The number of ether oxygens (including phenoxy) is 1. The lowest BCUT2D eigenvalue weighted by molar-refractivity contribution is -0.122. The van der Waals surface area contributed by atoms with Gasteiger partial charge in [-0.05, 0) is 73.3 Å². The molecule has 0 aliphatic carbocycles. The van der Waals surface area contributed by atoms with E-state index in [2.05, 4.69) is 21.2 Å². The summed E-state index contributed by atoms with van der Waals surface area (Å²) >= 11 is 3.31. The summed E-state index contributed by atoms with van der Waals surface area (Å²) in [7, 11) is 0. The summed E-state index contributed by atoms with van der Waals surface area (Å²) in [6, 6.07) is 11.2. The van der Waals surface area contributed by atoms with E-state index in [0.29, 0.717) is 0 Å². The normalized spacial score (nSPS) is 12.0. The highest BCUT2D eigenvalue weighted by Gasteiger charge is 2.09. The number of rotatable bonds is 8. The van der Waals surface area contributed by atoms with Gasteiger partial charge in [-0.15, -0.1) is 0 Å². The molecule has 0 saturated heterocycles. The summed E-state index contributed by atoms with van der Waals surface area (Å²) in [6.45, 7) is 5.99. The van der Waals surface area contributed by atoms with Gasteiger partial charge < -0.3 is 14.6 Å². The lowest BCUT2D eigenvalue weighted by Crippen LogP contribution is -2.37. The van der Waals surface area contributed by atoms with E-state index in [1.54, 1.807) is 12.3 Å². The van der Waals surface area contributed by atoms with E-state index in [1.165, 1.54) is 16.2 Å². The fourth-order valence-corrected chi connectivity index (χ4v) is 2.94. The van der Waals surface area contributed by atoms with Gasteiger partial charge in [-0.3, -0.25) is 9.59 Å². The van der Waals surface area contributed by atoms with Crippen LogP contribution in [-0.2, 0) is 17.8 Å². The van der Waals surface area contributed by atoms with Crippen LogP contribution in [0, 0.1) is 0 Å². The van der Waals surface area contributed by atoms with Crippen molar-refractivity contribution >= 4 is 21.8 Å². The highest BCUT2D eigenvalue weighted by molar-refractivity contribution is 9.10. The number of amides is 1. The van der Waals surface area contributed by atoms with Crippen LogP contribution < -0.4 is 15.6 Å². The van der Waals surface area contributed by atoms with Crippen molar-refractivity contribution in [3.8, 4) is 5.75 Å². The average Bonchev–Trinajstić information content (AvgIpc) is 2.57. The van der Waals surface area contributed by atoms with Gasteiger partial charge in [-0.1, -0.05) is 12.1 Å². The van der Waals surface area contributed by atoms with Crippen LogP contribution in [-0.4, -0.2) is 22.6 Å². The van der Waals surface area contributed by atoms with Gasteiger partial charge in [-0.25, -0.2) is 0 Å². The van der Waals surface area contributed by atoms with Crippen molar-refractivity contribution in [2.45, 2.75) is 52.3 Å². The number of nitrogens with zero attached hydrogens (tertiary/aromatic N) is 1. The van der Waals surface area contributed by atoms with Crippen molar-refractivity contribution in [2.24, 2.45) is 0 Å². The fourth-order valence-electron chi connectivity index (χ4n) is 2.56. The highest BCUT2D eigenvalue weighted by atomic mass is 79.9. The van der Waals surface area contributed by atoms with Gasteiger partial charge >= 0.3 is 0 Å². The molecule has 140 valence electrons. The van der Waals surface area contributed by atoms with Gasteiger partial charge in [0.15, 0.2) is 0 Å². The van der Waals surface area contributed by atoms with E-state index in [1.807, 2.05) is 45.0 Å². The zero-order valence-corrected chi connectivity index (χ0v) is 17.0. The summed E-state index contributed by atoms with van der Waals surface area (Å²) in [5, 5.41) is 2.94. The maximum absolute atomic E-state index is 12.1. The van der Waals surface area contributed by atoms with Crippen LogP contribution in [0.4, 0.5) is 0 Å². The minimum Gasteiger partial charge on any atom is -0.491 e. The van der Waals surface area contributed by atoms with Gasteiger partial charge in [0.1, 0.15) is 12.3 Å². The number of benzene rings is 1. The topological polar surface area (TPSA) is 60.3 Å². The van der Waals surface area contributed by atoms with Crippen molar-refractivity contribution < 1.29 is 9.53 Å². The predicted molar refractivity (Wildman–Crippen MR) is 107 cm³/mol. The Labute approximate surface area is 162 Å². The van der Waals surface area contributed by atoms with Crippen LogP contribution >= 0.6 is 15.9 Å². The first-order valence-corrected chi connectivity index (χ1v) is 9.53. The monoisotopic (exact) mass is 420 g/mol. The molecule has 0 spiro atoms. The zero-order chi connectivity index (χ0) is 19.1. The van der Waals surface area contributed by atoms with Crippen LogP contribution in [0.2, 0.25) is 0 Å². The molecule has 2 aromatic rings. The standard InChI is InChI=1S/C20H25BrN2O3/c1-14(2)26-18-9-6-16(7-10-18)5-4-15(3)22-19(24)13-23-12-17(21)8-11-20(23)25/h6-12,14-15H,4-5,13H2,1-3H3,(H,22,24)/t15-/m1/s1. The molecule has 0 aliphatic rings. The van der Waals surface area contributed by atoms with Gasteiger partial charge in [0.2, 0.25) is 5.91 Å². The molecule has 2 rings (SSSR count). The van der Waals surface area contributed by atoms with E-state index in [-0.39, 0.29) is 30.2 Å². The summed E-state index contributed by atoms with van der Waals surface area (Å²) in [4.78, 5) is 23.9. The fraction of sp³-hybridized carbons (Fsp3) is 0.400. The average molecular weight is 421 g/mol. The van der Waals surface area contributed by atoms with E-state index in [9.17, 15) is 9.59 Å². The van der Waals surface area contributed by atoms with Crippen molar-refractivity contribution in [1.82, 2.24) is 9.88 Å². The van der Waals surface area contributed by atoms with Gasteiger partial charge in [0, 0.05) is 22.8 Å². The van der Waals surface area contributed by atoms with E-state index in [0.717, 1.165) is 23.1 Å². The van der Waals surface area contributed by atoms with Crippen LogP contribution in [0.3, 0.4) is 0 Å². The van der Waals surface area contributed by atoms with Gasteiger partial charge in [-0.2, -0.15) is 0 Å².